The zero-order valence-electron chi connectivity index (χ0n) is 8.41. The topological polar surface area (TPSA) is 72.7 Å². The molecule has 4 nitrogen and oxygen atoms in total. The van der Waals surface area contributed by atoms with E-state index in [0.717, 1.165) is 0 Å². The molecule has 0 amide bonds. The van der Waals surface area contributed by atoms with E-state index in [1.807, 2.05) is 0 Å². The van der Waals surface area contributed by atoms with Gasteiger partial charge in [-0.3, -0.25) is 0 Å². The minimum Gasteiger partial charge on any atom is -0.390 e. The number of rotatable bonds is 1. The van der Waals surface area contributed by atoms with Crippen molar-refractivity contribution < 1.29 is 28.5 Å². The summed E-state index contributed by atoms with van der Waals surface area (Å²) in [5.74, 6) is -1.39. The van der Waals surface area contributed by atoms with Crippen LogP contribution in [0.1, 0.15) is 12.8 Å². The van der Waals surface area contributed by atoms with Gasteiger partial charge in [0.1, 0.15) is 0 Å². The summed E-state index contributed by atoms with van der Waals surface area (Å²) in [6.45, 7) is 0.0578. The molecule has 2 fully saturated rings. The lowest BCUT2D eigenvalue weighted by molar-refractivity contribution is -0.243. The molecule has 1 aliphatic heterocycles. The fourth-order valence-corrected chi connectivity index (χ4v) is 2.45. The molecular formula is C9H14F3NO3. The number of hydrogen-bond acceptors (Lipinski definition) is 4. The summed E-state index contributed by atoms with van der Waals surface area (Å²) in [7, 11) is 0. The van der Waals surface area contributed by atoms with Crippen LogP contribution in [-0.4, -0.2) is 51.9 Å². The quantitative estimate of drug-likeness (QED) is 0.494. The van der Waals surface area contributed by atoms with Gasteiger partial charge in [0.2, 0.25) is 0 Å². The molecule has 7 heteroatoms. The first kappa shape index (κ1) is 12.1. The minimum absolute atomic E-state index is 0.0578. The third-order valence-corrected chi connectivity index (χ3v) is 3.53. The van der Waals surface area contributed by atoms with Crippen molar-refractivity contribution in [1.82, 2.24) is 5.32 Å². The maximum absolute atomic E-state index is 12.4. The van der Waals surface area contributed by atoms with Gasteiger partial charge in [-0.05, 0) is 12.8 Å². The highest BCUT2D eigenvalue weighted by Gasteiger charge is 2.63. The van der Waals surface area contributed by atoms with Crippen LogP contribution < -0.4 is 5.32 Å². The Morgan fingerprint density at radius 3 is 2.25 bits per heavy atom. The second kappa shape index (κ2) is 3.56. The van der Waals surface area contributed by atoms with Gasteiger partial charge in [0, 0.05) is 18.0 Å². The summed E-state index contributed by atoms with van der Waals surface area (Å²) in [6.07, 6.45) is -9.23. The molecule has 0 bridgehead atoms. The molecule has 1 saturated heterocycles. The van der Waals surface area contributed by atoms with Crippen molar-refractivity contribution in [2.75, 3.05) is 6.54 Å². The van der Waals surface area contributed by atoms with Gasteiger partial charge in [-0.25, -0.2) is 0 Å². The molecule has 2 aliphatic rings. The van der Waals surface area contributed by atoms with Gasteiger partial charge < -0.3 is 20.6 Å². The van der Waals surface area contributed by atoms with E-state index in [4.69, 9.17) is 0 Å². The van der Waals surface area contributed by atoms with Crippen LogP contribution in [0.15, 0.2) is 0 Å². The van der Waals surface area contributed by atoms with E-state index >= 15 is 0 Å². The zero-order valence-corrected chi connectivity index (χ0v) is 8.41. The number of aliphatic hydroxyl groups excluding tert-OH is 3. The summed E-state index contributed by atoms with van der Waals surface area (Å²) in [6, 6.07) is 0. The summed E-state index contributed by atoms with van der Waals surface area (Å²) in [4.78, 5) is 0. The van der Waals surface area contributed by atoms with Crippen LogP contribution >= 0.6 is 0 Å². The van der Waals surface area contributed by atoms with Crippen LogP contribution in [0.3, 0.4) is 0 Å². The summed E-state index contributed by atoms with van der Waals surface area (Å²) in [5.41, 5.74) is -0.854. The fourth-order valence-electron chi connectivity index (χ4n) is 2.45. The number of aliphatic hydroxyl groups is 3. The number of nitrogens with one attached hydrogen (secondary N) is 1. The zero-order chi connectivity index (χ0) is 12.1. The van der Waals surface area contributed by atoms with Crippen molar-refractivity contribution in [3.63, 3.8) is 0 Å². The fraction of sp³-hybridized carbons (Fsp3) is 1.00. The van der Waals surface area contributed by atoms with Gasteiger partial charge in [0.15, 0.2) is 6.10 Å². The largest absolute Gasteiger partial charge is 0.414 e. The molecule has 1 aliphatic carbocycles. The van der Waals surface area contributed by atoms with Crippen molar-refractivity contribution in [2.24, 2.45) is 5.92 Å². The van der Waals surface area contributed by atoms with E-state index in [0.29, 0.717) is 12.8 Å². The first-order chi connectivity index (χ1) is 7.28. The van der Waals surface area contributed by atoms with E-state index in [1.54, 1.807) is 0 Å². The van der Waals surface area contributed by atoms with E-state index < -0.39 is 35.9 Å². The molecule has 1 spiro atoms. The number of piperidine rings is 1. The number of β-amino-alcohol motifs (C(OH)–C–C–N with tert-alkyl or cyclic N) is 1. The van der Waals surface area contributed by atoms with E-state index in [1.165, 1.54) is 0 Å². The molecule has 2 rings (SSSR count). The SMILES string of the molecule is O[C@@H]1[C@@H]([C@H](O)C(F)(F)F)C2(CC2)NC[C@H]1O. The molecule has 94 valence electrons. The highest BCUT2D eigenvalue weighted by molar-refractivity contribution is 5.15. The highest BCUT2D eigenvalue weighted by Crippen LogP contribution is 2.50. The predicted molar refractivity (Wildman–Crippen MR) is 47.5 cm³/mol. The minimum atomic E-state index is -4.78. The molecule has 1 heterocycles. The summed E-state index contributed by atoms with van der Waals surface area (Å²) < 4.78 is 37.3. The van der Waals surface area contributed by atoms with Crippen molar-refractivity contribution in [3.8, 4) is 0 Å². The van der Waals surface area contributed by atoms with Crippen LogP contribution in [0.25, 0.3) is 0 Å². The lowest BCUT2D eigenvalue weighted by Gasteiger charge is -2.42. The Bertz CT molecular complexity index is 280. The van der Waals surface area contributed by atoms with Crippen LogP contribution in [-0.2, 0) is 0 Å². The molecule has 16 heavy (non-hydrogen) atoms. The Kier molecular flexibility index (Phi) is 2.69. The number of alkyl halides is 3. The van der Waals surface area contributed by atoms with Crippen LogP contribution in [0.4, 0.5) is 13.2 Å². The van der Waals surface area contributed by atoms with Crippen LogP contribution in [0, 0.1) is 5.92 Å². The third-order valence-electron chi connectivity index (χ3n) is 3.53. The second-order valence-electron chi connectivity index (χ2n) is 4.61. The Morgan fingerprint density at radius 2 is 1.81 bits per heavy atom. The molecule has 0 aromatic rings. The maximum Gasteiger partial charge on any atom is 0.414 e. The molecule has 4 atom stereocenters. The molecule has 0 aromatic carbocycles. The lowest BCUT2D eigenvalue weighted by atomic mass is 9.80. The predicted octanol–water partition coefficient (Wildman–Crippen LogP) is -0.617. The Hall–Kier alpha value is -0.370. The molecule has 4 N–H and O–H groups in total. The molecule has 0 radical (unpaired) electrons. The van der Waals surface area contributed by atoms with Gasteiger partial charge in [0.25, 0.3) is 0 Å². The first-order valence-electron chi connectivity index (χ1n) is 5.14. The number of hydrogen-bond donors (Lipinski definition) is 4. The maximum atomic E-state index is 12.4. The molecule has 0 unspecified atom stereocenters. The summed E-state index contributed by atoms with van der Waals surface area (Å²) >= 11 is 0. The molecular weight excluding hydrogens is 227 g/mol. The Morgan fingerprint density at radius 1 is 1.25 bits per heavy atom. The molecule has 0 aromatic heterocycles. The smallest absolute Gasteiger partial charge is 0.390 e. The van der Waals surface area contributed by atoms with Crippen molar-refractivity contribution in [1.29, 1.82) is 0 Å². The van der Waals surface area contributed by atoms with Crippen LogP contribution in [0.5, 0.6) is 0 Å². The summed E-state index contributed by atoms with van der Waals surface area (Å²) in [5, 5.41) is 30.9. The van der Waals surface area contributed by atoms with Gasteiger partial charge >= 0.3 is 6.18 Å². The van der Waals surface area contributed by atoms with Gasteiger partial charge in [-0.15, -0.1) is 0 Å². The number of halogens is 3. The van der Waals surface area contributed by atoms with Crippen molar-refractivity contribution in [3.05, 3.63) is 0 Å². The Labute approximate surface area is 90.1 Å². The standard InChI is InChI=1S/C9H14F3NO3/c10-9(11,12)7(16)5-6(15)4(14)3-13-8(5)1-2-8/h4-7,13-16H,1-3H2/t4-,5+,6+,7+/m1/s1. The Balaban J connectivity index is 2.21. The third kappa shape index (κ3) is 1.81. The molecule has 1 saturated carbocycles. The van der Waals surface area contributed by atoms with Gasteiger partial charge in [0.05, 0.1) is 12.2 Å². The monoisotopic (exact) mass is 241 g/mol. The van der Waals surface area contributed by atoms with Crippen LogP contribution in [0.2, 0.25) is 0 Å². The van der Waals surface area contributed by atoms with E-state index in [9.17, 15) is 28.5 Å². The van der Waals surface area contributed by atoms with Crippen molar-refractivity contribution >= 4 is 0 Å². The van der Waals surface area contributed by atoms with Gasteiger partial charge in [-0.2, -0.15) is 13.2 Å². The van der Waals surface area contributed by atoms with E-state index in [2.05, 4.69) is 5.32 Å². The van der Waals surface area contributed by atoms with Crippen molar-refractivity contribution in [2.45, 2.75) is 42.9 Å². The highest BCUT2D eigenvalue weighted by atomic mass is 19.4. The average Bonchev–Trinajstić information content (AvgIpc) is 2.92. The second-order valence-corrected chi connectivity index (χ2v) is 4.61. The average molecular weight is 241 g/mol. The van der Waals surface area contributed by atoms with Gasteiger partial charge in [-0.1, -0.05) is 0 Å². The lowest BCUT2D eigenvalue weighted by Crippen LogP contribution is -2.63. The van der Waals surface area contributed by atoms with E-state index in [-0.39, 0.29) is 6.54 Å². The first-order valence-corrected chi connectivity index (χ1v) is 5.14. The normalized spacial score (nSPS) is 39.8.